The highest BCUT2D eigenvalue weighted by Crippen LogP contribution is 2.34. The van der Waals surface area contributed by atoms with Gasteiger partial charge in [0, 0.05) is 5.56 Å². The number of hydrogen-bond acceptors (Lipinski definition) is 6. The fraction of sp³-hybridized carbons (Fsp3) is 0.0690. The molecule has 4 aromatic rings. The minimum atomic E-state index is -0.399. The molecule has 0 spiro atoms. The summed E-state index contributed by atoms with van der Waals surface area (Å²) in [6, 6.07) is 27.3. The zero-order chi connectivity index (χ0) is 25.5. The molecule has 1 fully saturated rings. The summed E-state index contributed by atoms with van der Waals surface area (Å²) < 4.78 is 25.3. The molecule has 37 heavy (non-hydrogen) atoms. The second-order valence-corrected chi connectivity index (χ2v) is 9.09. The van der Waals surface area contributed by atoms with E-state index in [2.05, 4.69) is 10.2 Å². The summed E-state index contributed by atoms with van der Waals surface area (Å²) in [5.41, 5.74) is 2.19. The quantitative estimate of drug-likeness (QED) is 0.154. The van der Waals surface area contributed by atoms with Crippen LogP contribution in [-0.4, -0.2) is 22.2 Å². The van der Waals surface area contributed by atoms with Crippen molar-refractivity contribution < 1.29 is 18.3 Å². The molecule has 1 saturated heterocycles. The number of thioether (sulfide) groups is 1. The second-order valence-electron chi connectivity index (χ2n) is 8.08. The molecule has 3 aromatic carbocycles. The second kappa shape index (κ2) is 11.5. The Kier molecular flexibility index (Phi) is 7.57. The normalized spacial score (nSPS) is 15.8. The first-order chi connectivity index (χ1) is 18.2. The molecule has 0 unspecified atom stereocenters. The van der Waals surface area contributed by atoms with Crippen LogP contribution in [0.25, 0.3) is 6.08 Å². The van der Waals surface area contributed by atoms with E-state index in [0.717, 1.165) is 11.1 Å². The minimum absolute atomic E-state index is 0.199. The number of nitrogens with zero attached hydrogens (tertiary/aromatic N) is 3. The van der Waals surface area contributed by atoms with Crippen LogP contribution in [0.5, 0.6) is 5.75 Å². The lowest BCUT2D eigenvalue weighted by atomic mass is 10.2. The smallest absolute Gasteiger partial charge is 0.267 e. The van der Waals surface area contributed by atoms with Crippen LogP contribution in [-0.2, 0) is 17.9 Å². The molecule has 0 atom stereocenters. The van der Waals surface area contributed by atoms with E-state index in [4.69, 9.17) is 9.15 Å². The van der Waals surface area contributed by atoms with Gasteiger partial charge in [0.05, 0.1) is 23.9 Å². The van der Waals surface area contributed by atoms with Crippen LogP contribution in [0.4, 0.5) is 4.39 Å². The first-order valence-electron chi connectivity index (χ1n) is 11.5. The lowest BCUT2D eigenvalue weighted by molar-refractivity contribution is -0.122. The maximum absolute atomic E-state index is 13.9. The summed E-state index contributed by atoms with van der Waals surface area (Å²) in [5, 5.41) is 8.63. The molecule has 1 aliphatic heterocycles. The number of ether oxygens (including phenoxy) is 1. The van der Waals surface area contributed by atoms with Crippen LogP contribution in [0.1, 0.15) is 22.5 Å². The van der Waals surface area contributed by atoms with E-state index in [0.29, 0.717) is 33.8 Å². The highest BCUT2D eigenvalue weighted by molar-refractivity contribution is 8.18. The average molecular weight is 512 g/mol. The molecule has 0 N–H and O–H groups in total. The molecule has 1 amide bonds. The number of hydrogen-bond donors (Lipinski definition) is 0. The Labute approximate surface area is 217 Å². The Balaban J connectivity index is 1.37. The fourth-order valence-electron chi connectivity index (χ4n) is 3.59. The Morgan fingerprint density at radius 2 is 1.81 bits per heavy atom. The lowest BCUT2D eigenvalue weighted by Crippen LogP contribution is -2.28. The number of rotatable bonds is 8. The van der Waals surface area contributed by atoms with E-state index in [1.807, 2.05) is 54.6 Å². The zero-order valence-electron chi connectivity index (χ0n) is 19.7. The number of amides is 1. The first kappa shape index (κ1) is 24.3. The maximum atomic E-state index is 13.9. The van der Waals surface area contributed by atoms with Crippen LogP contribution >= 0.6 is 11.8 Å². The molecule has 0 bridgehead atoms. The molecular weight excluding hydrogens is 489 g/mol. The highest BCUT2D eigenvalue weighted by atomic mass is 32.2. The van der Waals surface area contributed by atoms with E-state index in [1.165, 1.54) is 28.9 Å². The van der Waals surface area contributed by atoms with Gasteiger partial charge in [-0.15, -0.1) is 5.10 Å². The first-order valence-corrected chi connectivity index (χ1v) is 12.3. The standard InChI is InChI=1S/C29H22FN3O3S/c30-26-14-5-4-11-23(26)18-31-32-29-33(19-25-13-7-15-35-25)28(34)27(37-29)17-22-10-6-12-24(16-22)36-20-21-8-2-1-3-9-21/h1-18H,19-20H2/b27-17-,31-18+,32-29-. The van der Waals surface area contributed by atoms with Crippen LogP contribution in [0.15, 0.2) is 117 Å². The molecule has 2 heterocycles. The third-order valence-electron chi connectivity index (χ3n) is 5.43. The van der Waals surface area contributed by atoms with Crippen molar-refractivity contribution in [1.82, 2.24) is 4.90 Å². The van der Waals surface area contributed by atoms with Gasteiger partial charge in [0.15, 0.2) is 5.17 Å². The van der Waals surface area contributed by atoms with E-state index < -0.39 is 5.82 Å². The lowest BCUT2D eigenvalue weighted by Gasteiger charge is -2.12. The van der Waals surface area contributed by atoms with Gasteiger partial charge in [0.2, 0.25) is 0 Å². The van der Waals surface area contributed by atoms with Gasteiger partial charge >= 0.3 is 0 Å². The molecule has 0 aliphatic carbocycles. The van der Waals surface area contributed by atoms with Gasteiger partial charge in [-0.25, -0.2) is 4.39 Å². The SMILES string of the molecule is O=C1/C(=C/c2cccc(OCc3ccccc3)c2)S/C(=N\N=C\c2ccccc2F)N1Cc1ccco1. The summed E-state index contributed by atoms with van der Waals surface area (Å²) in [7, 11) is 0. The maximum Gasteiger partial charge on any atom is 0.267 e. The topological polar surface area (TPSA) is 67.4 Å². The third kappa shape index (κ3) is 6.23. The fourth-order valence-corrected chi connectivity index (χ4v) is 4.52. The Morgan fingerprint density at radius 3 is 2.62 bits per heavy atom. The van der Waals surface area contributed by atoms with E-state index in [1.54, 1.807) is 42.7 Å². The van der Waals surface area contributed by atoms with E-state index in [-0.39, 0.29) is 12.5 Å². The predicted octanol–water partition coefficient (Wildman–Crippen LogP) is 6.50. The van der Waals surface area contributed by atoms with Crippen molar-refractivity contribution in [2.24, 2.45) is 10.2 Å². The molecule has 184 valence electrons. The molecule has 5 rings (SSSR count). The number of carbonyl (C=O) groups is 1. The Hall–Kier alpha value is -4.43. The van der Waals surface area contributed by atoms with Gasteiger partial charge in [0.1, 0.15) is 23.9 Å². The summed E-state index contributed by atoms with van der Waals surface area (Å²) in [6.07, 6.45) is 4.67. The number of halogens is 1. The van der Waals surface area contributed by atoms with Crippen LogP contribution in [0.2, 0.25) is 0 Å². The third-order valence-corrected chi connectivity index (χ3v) is 6.43. The van der Waals surface area contributed by atoms with Crippen molar-refractivity contribution in [3.63, 3.8) is 0 Å². The van der Waals surface area contributed by atoms with Gasteiger partial charge in [-0.05, 0) is 59.3 Å². The highest BCUT2D eigenvalue weighted by Gasteiger charge is 2.34. The summed E-state index contributed by atoms with van der Waals surface area (Å²) >= 11 is 1.20. The summed E-state index contributed by atoms with van der Waals surface area (Å²) in [4.78, 5) is 15.3. The van der Waals surface area contributed by atoms with Gasteiger partial charge in [-0.1, -0.05) is 60.7 Å². The van der Waals surface area contributed by atoms with Crippen LogP contribution in [0, 0.1) is 5.82 Å². The van der Waals surface area contributed by atoms with Gasteiger partial charge in [-0.3, -0.25) is 9.69 Å². The van der Waals surface area contributed by atoms with Crippen molar-refractivity contribution in [2.45, 2.75) is 13.2 Å². The van der Waals surface area contributed by atoms with Gasteiger partial charge in [-0.2, -0.15) is 5.10 Å². The van der Waals surface area contributed by atoms with Crippen molar-refractivity contribution in [3.8, 4) is 5.75 Å². The van der Waals surface area contributed by atoms with Crippen molar-refractivity contribution in [1.29, 1.82) is 0 Å². The summed E-state index contributed by atoms with van der Waals surface area (Å²) in [5.74, 6) is 0.683. The molecule has 6 nitrogen and oxygen atoms in total. The number of furan rings is 1. The monoisotopic (exact) mass is 511 g/mol. The largest absolute Gasteiger partial charge is 0.489 e. The van der Waals surface area contributed by atoms with Crippen molar-refractivity contribution >= 4 is 35.1 Å². The predicted molar refractivity (Wildman–Crippen MR) is 143 cm³/mol. The van der Waals surface area contributed by atoms with E-state index >= 15 is 0 Å². The van der Waals surface area contributed by atoms with Crippen LogP contribution < -0.4 is 4.74 Å². The molecule has 1 aromatic heterocycles. The molecule has 1 aliphatic rings. The van der Waals surface area contributed by atoms with Crippen molar-refractivity contribution in [3.05, 3.63) is 130 Å². The van der Waals surface area contributed by atoms with E-state index in [9.17, 15) is 9.18 Å². The Morgan fingerprint density at radius 1 is 0.973 bits per heavy atom. The Bertz CT molecular complexity index is 1470. The average Bonchev–Trinajstić information content (AvgIpc) is 3.54. The zero-order valence-corrected chi connectivity index (χ0v) is 20.5. The summed E-state index contributed by atoms with van der Waals surface area (Å²) in [6.45, 7) is 0.646. The minimum Gasteiger partial charge on any atom is -0.489 e. The molecular formula is C29H22FN3O3S. The molecule has 0 saturated carbocycles. The molecule has 0 radical (unpaired) electrons. The van der Waals surface area contributed by atoms with Gasteiger partial charge in [0.25, 0.3) is 5.91 Å². The van der Waals surface area contributed by atoms with Crippen LogP contribution in [0.3, 0.4) is 0 Å². The van der Waals surface area contributed by atoms with Crippen molar-refractivity contribution in [2.75, 3.05) is 0 Å². The number of carbonyl (C=O) groups excluding carboxylic acids is 1. The molecule has 8 heteroatoms. The number of amidine groups is 1. The van der Waals surface area contributed by atoms with Gasteiger partial charge < -0.3 is 9.15 Å². The number of benzene rings is 3.